The summed E-state index contributed by atoms with van der Waals surface area (Å²) >= 11 is 0. The van der Waals surface area contributed by atoms with E-state index in [2.05, 4.69) is 64.4 Å². The molecule has 0 atom stereocenters. The predicted octanol–water partition coefficient (Wildman–Crippen LogP) is 3.31. The molecule has 0 aliphatic heterocycles. The average Bonchev–Trinajstić information content (AvgIpc) is 3.16. The van der Waals surface area contributed by atoms with Crippen molar-refractivity contribution in [1.29, 1.82) is 0 Å². The second-order valence-corrected chi connectivity index (χ2v) is 4.66. The van der Waals surface area contributed by atoms with Gasteiger partial charge in [-0.2, -0.15) is 0 Å². The van der Waals surface area contributed by atoms with E-state index in [1.807, 2.05) is 10.8 Å². The van der Waals surface area contributed by atoms with Gasteiger partial charge >= 0.3 is 0 Å². The quantitative estimate of drug-likeness (QED) is 0.769. The van der Waals surface area contributed by atoms with Crippen molar-refractivity contribution in [2.24, 2.45) is 0 Å². The second-order valence-electron chi connectivity index (χ2n) is 4.66. The molecular weight excluding hydrogens is 248 g/mol. The molecule has 20 heavy (non-hydrogen) atoms. The third-order valence-electron chi connectivity index (χ3n) is 3.39. The summed E-state index contributed by atoms with van der Waals surface area (Å²) < 4.78 is 4.24. The van der Waals surface area contributed by atoms with E-state index < -0.39 is 0 Å². The lowest BCUT2D eigenvalue weighted by atomic mass is 10.2. The Bertz CT molecular complexity index is 667. The molecule has 0 saturated carbocycles. The standard InChI is InChI=1S/C16H18N4/c1-2-19-9-4-7-16(19)12-18-14-5-3-6-15(11-14)20-10-8-17-13-20/h3-11,13,18H,2,12H2,1H3. The lowest BCUT2D eigenvalue weighted by Crippen LogP contribution is -2.06. The van der Waals surface area contributed by atoms with Crippen LogP contribution in [0, 0.1) is 0 Å². The maximum Gasteiger partial charge on any atom is 0.0991 e. The Morgan fingerprint density at radius 1 is 1.15 bits per heavy atom. The Balaban J connectivity index is 1.74. The van der Waals surface area contributed by atoms with Gasteiger partial charge in [-0.1, -0.05) is 6.07 Å². The van der Waals surface area contributed by atoms with Gasteiger partial charge in [0.1, 0.15) is 0 Å². The third-order valence-corrected chi connectivity index (χ3v) is 3.39. The van der Waals surface area contributed by atoms with E-state index >= 15 is 0 Å². The molecule has 0 aliphatic rings. The van der Waals surface area contributed by atoms with Gasteiger partial charge in [0.2, 0.25) is 0 Å². The SMILES string of the molecule is CCn1cccc1CNc1cccc(-n2ccnc2)c1. The molecule has 1 N–H and O–H groups in total. The van der Waals surface area contributed by atoms with Crippen LogP contribution in [0.2, 0.25) is 0 Å². The minimum atomic E-state index is 0.828. The highest BCUT2D eigenvalue weighted by Crippen LogP contribution is 2.15. The highest BCUT2D eigenvalue weighted by molar-refractivity contribution is 5.51. The fraction of sp³-hybridized carbons (Fsp3) is 0.188. The van der Waals surface area contributed by atoms with Gasteiger partial charge in [0, 0.05) is 42.2 Å². The zero-order valence-electron chi connectivity index (χ0n) is 11.5. The minimum absolute atomic E-state index is 0.828. The molecule has 0 radical (unpaired) electrons. The first-order valence-corrected chi connectivity index (χ1v) is 6.83. The topological polar surface area (TPSA) is 34.8 Å². The predicted molar refractivity (Wildman–Crippen MR) is 81.0 cm³/mol. The summed E-state index contributed by atoms with van der Waals surface area (Å²) in [5.41, 5.74) is 3.51. The largest absolute Gasteiger partial charge is 0.379 e. The van der Waals surface area contributed by atoms with Crippen molar-refractivity contribution in [3.8, 4) is 5.69 Å². The molecule has 0 amide bonds. The molecule has 0 aliphatic carbocycles. The lowest BCUT2D eigenvalue weighted by molar-refractivity contribution is 0.724. The summed E-state index contributed by atoms with van der Waals surface area (Å²) in [6.07, 6.45) is 7.65. The summed E-state index contributed by atoms with van der Waals surface area (Å²) in [6.45, 7) is 3.98. The summed E-state index contributed by atoms with van der Waals surface area (Å²) in [5.74, 6) is 0. The number of hydrogen-bond donors (Lipinski definition) is 1. The first-order chi connectivity index (χ1) is 9.86. The second kappa shape index (κ2) is 5.65. The number of imidazole rings is 1. The van der Waals surface area contributed by atoms with Crippen LogP contribution >= 0.6 is 0 Å². The molecule has 3 aromatic rings. The number of hydrogen-bond acceptors (Lipinski definition) is 2. The van der Waals surface area contributed by atoms with Crippen molar-refractivity contribution >= 4 is 5.69 Å². The maximum atomic E-state index is 4.08. The highest BCUT2D eigenvalue weighted by atomic mass is 15.0. The monoisotopic (exact) mass is 266 g/mol. The molecule has 4 heteroatoms. The molecule has 2 heterocycles. The van der Waals surface area contributed by atoms with Crippen LogP contribution in [0.4, 0.5) is 5.69 Å². The van der Waals surface area contributed by atoms with E-state index in [-0.39, 0.29) is 0 Å². The van der Waals surface area contributed by atoms with Crippen LogP contribution in [0.5, 0.6) is 0 Å². The van der Waals surface area contributed by atoms with E-state index in [0.717, 1.165) is 24.5 Å². The average molecular weight is 266 g/mol. The Morgan fingerprint density at radius 2 is 2.10 bits per heavy atom. The van der Waals surface area contributed by atoms with Gasteiger partial charge in [0.05, 0.1) is 12.9 Å². The molecule has 0 bridgehead atoms. The normalized spacial score (nSPS) is 10.7. The van der Waals surface area contributed by atoms with Crippen LogP contribution in [0.1, 0.15) is 12.6 Å². The maximum absolute atomic E-state index is 4.08. The Morgan fingerprint density at radius 3 is 2.90 bits per heavy atom. The van der Waals surface area contributed by atoms with Gasteiger partial charge in [0.25, 0.3) is 0 Å². The summed E-state index contributed by atoms with van der Waals surface area (Å²) in [5, 5.41) is 3.47. The van der Waals surface area contributed by atoms with E-state index in [1.165, 1.54) is 5.69 Å². The molecule has 4 nitrogen and oxygen atoms in total. The van der Waals surface area contributed by atoms with E-state index in [9.17, 15) is 0 Å². The first-order valence-electron chi connectivity index (χ1n) is 6.83. The number of rotatable bonds is 5. The van der Waals surface area contributed by atoms with Crippen LogP contribution in [0.25, 0.3) is 5.69 Å². The van der Waals surface area contributed by atoms with Gasteiger partial charge in [-0.3, -0.25) is 0 Å². The molecule has 0 fully saturated rings. The van der Waals surface area contributed by atoms with Crippen molar-refractivity contribution in [3.05, 3.63) is 67.0 Å². The number of anilines is 1. The number of nitrogens with zero attached hydrogens (tertiary/aromatic N) is 3. The fourth-order valence-corrected chi connectivity index (χ4v) is 2.30. The van der Waals surface area contributed by atoms with E-state index in [0.29, 0.717) is 0 Å². The zero-order chi connectivity index (χ0) is 13.8. The van der Waals surface area contributed by atoms with Crippen molar-refractivity contribution in [2.45, 2.75) is 20.0 Å². The first kappa shape index (κ1) is 12.5. The van der Waals surface area contributed by atoms with Crippen LogP contribution in [-0.2, 0) is 13.1 Å². The molecular formula is C16H18N4. The van der Waals surface area contributed by atoms with Gasteiger partial charge in [-0.25, -0.2) is 4.98 Å². The number of aryl methyl sites for hydroxylation is 1. The number of aromatic nitrogens is 3. The summed E-state index contributed by atoms with van der Waals surface area (Å²) in [7, 11) is 0. The van der Waals surface area contributed by atoms with Crippen LogP contribution in [-0.4, -0.2) is 14.1 Å². The van der Waals surface area contributed by atoms with Crippen LogP contribution in [0.15, 0.2) is 61.3 Å². The molecule has 102 valence electrons. The molecule has 3 rings (SSSR count). The van der Waals surface area contributed by atoms with Gasteiger partial charge in [0.15, 0.2) is 0 Å². The lowest BCUT2D eigenvalue weighted by Gasteiger charge is -2.10. The molecule has 1 aromatic carbocycles. The number of nitrogens with one attached hydrogen (secondary N) is 1. The molecule has 0 unspecified atom stereocenters. The van der Waals surface area contributed by atoms with Crippen LogP contribution in [0.3, 0.4) is 0 Å². The molecule has 0 spiro atoms. The zero-order valence-corrected chi connectivity index (χ0v) is 11.5. The van der Waals surface area contributed by atoms with E-state index in [1.54, 1.807) is 12.5 Å². The Hall–Kier alpha value is -2.49. The van der Waals surface area contributed by atoms with Gasteiger partial charge in [-0.15, -0.1) is 0 Å². The van der Waals surface area contributed by atoms with Gasteiger partial charge in [-0.05, 0) is 37.3 Å². The molecule has 2 aromatic heterocycles. The van der Waals surface area contributed by atoms with Crippen molar-refractivity contribution in [3.63, 3.8) is 0 Å². The number of benzene rings is 1. The smallest absolute Gasteiger partial charge is 0.0991 e. The minimum Gasteiger partial charge on any atom is -0.379 e. The van der Waals surface area contributed by atoms with Crippen molar-refractivity contribution < 1.29 is 0 Å². The molecule has 0 saturated heterocycles. The third kappa shape index (κ3) is 2.59. The van der Waals surface area contributed by atoms with Crippen molar-refractivity contribution in [2.75, 3.05) is 5.32 Å². The van der Waals surface area contributed by atoms with Gasteiger partial charge < -0.3 is 14.5 Å². The van der Waals surface area contributed by atoms with E-state index in [4.69, 9.17) is 0 Å². The fourth-order valence-electron chi connectivity index (χ4n) is 2.30. The van der Waals surface area contributed by atoms with Crippen molar-refractivity contribution in [1.82, 2.24) is 14.1 Å². The summed E-state index contributed by atoms with van der Waals surface area (Å²) in [4.78, 5) is 4.08. The van der Waals surface area contributed by atoms with Crippen LogP contribution < -0.4 is 5.32 Å². The Labute approximate surface area is 118 Å². The Kier molecular flexibility index (Phi) is 3.54. The summed E-state index contributed by atoms with van der Waals surface area (Å²) in [6, 6.07) is 12.6. The highest BCUT2D eigenvalue weighted by Gasteiger charge is 2.01.